The summed E-state index contributed by atoms with van der Waals surface area (Å²) in [6.07, 6.45) is 3.59. The average Bonchev–Trinajstić information content (AvgIpc) is 2.15. The van der Waals surface area contributed by atoms with E-state index in [9.17, 15) is 9.59 Å². The van der Waals surface area contributed by atoms with Gasteiger partial charge in [0.05, 0.1) is 6.54 Å². The van der Waals surface area contributed by atoms with E-state index < -0.39 is 6.09 Å². The average molecular weight is 199 g/mol. The summed E-state index contributed by atoms with van der Waals surface area (Å²) in [5.74, 6) is 0.693. The molecule has 0 heterocycles. The number of carbonyl (C=O) groups excluding carboxylic acids is 1. The molecule has 0 radical (unpaired) electrons. The number of carbonyl (C=O) groups is 2. The van der Waals surface area contributed by atoms with E-state index in [0.29, 0.717) is 12.2 Å². The molecule has 0 aliphatic heterocycles. The zero-order valence-corrected chi connectivity index (χ0v) is 8.48. The molecular formula is C10H17NO3. The topological polar surface area (TPSA) is 57.6 Å². The van der Waals surface area contributed by atoms with Gasteiger partial charge in [0.2, 0.25) is 0 Å². The van der Waals surface area contributed by atoms with Crippen molar-refractivity contribution in [3.8, 4) is 0 Å². The van der Waals surface area contributed by atoms with E-state index in [-0.39, 0.29) is 12.6 Å². The Bertz CT molecular complexity index is 209. The lowest BCUT2D eigenvalue weighted by Crippen LogP contribution is -2.42. The third-order valence-corrected chi connectivity index (χ3v) is 2.94. The molecule has 0 spiro atoms. The highest BCUT2D eigenvalue weighted by Crippen LogP contribution is 2.26. The summed E-state index contributed by atoms with van der Waals surface area (Å²) in [5, 5.41) is 8.89. The summed E-state index contributed by atoms with van der Waals surface area (Å²) < 4.78 is 0. The zero-order chi connectivity index (χ0) is 10.6. The maximum atomic E-state index is 10.8. The Morgan fingerprint density at radius 2 is 2.00 bits per heavy atom. The fourth-order valence-electron chi connectivity index (χ4n) is 2.02. The van der Waals surface area contributed by atoms with Gasteiger partial charge in [-0.05, 0) is 31.6 Å². The van der Waals surface area contributed by atoms with E-state index in [0.717, 1.165) is 25.7 Å². The second-order valence-corrected chi connectivity index (χ2v) is 4.02. The molecule has 1 rings (SSSR count). The molecule has 0 saturated heterocycles. The first-order valence-electron chi connectivity index (χ1n) is 5.08. The highest BCUT2D eigenvalue weighted by Gasteiger charge is 2.26. The van der Waals surface area contributed by atoms with Crippen molar-refractivity contribution < 1.29 is 14.7 Å². The fraction of sp³-hybridized carbons (Fsp3) is 0.800. The molecule has 1 saturated carbocycles. The Morgan fingerprint density at radius 1 is 1.43 bits per heavy atom. The van der Waals surface area contributed by atoms with Crippen molar-refractivity contribution in [3.05, 3.63) is 0 Å². The number of nitrogens with zero attached hydrogens (tertiary/aromatic N) is 1. The van der Waals surface area contributed by atoms with E-state index in [1.165, 1.54) is 4.90 Å². The van der Waals surface area contributed by atoms with Crippen LogP contribution in [0.4, 0.5) is 4.79 Å². The van der Waals surface area contributed by atoms with Crippen molar-refractivity contribution >= 4 is 12.4 Å². The van der Waals surface area contributed by atoms with Crippen LogP contribution in [0.25, 0.3) is 0 Å². The van der Waals surface area contributed by atoms with Gasteiger partial charge in [0, 0.05) is 6.04 Å². The molecule has 1 aliphatic carbocycles. The van der Waals surface area contributed by atoms with Gasteiger partial charge in [0.25, 0.3) is 0 Å². The van der Waals surface area contributed by atoms with Crippen molar-refractivity contribution in [1.29, 1.82) is 0 Å². The number of rotatable bonds is 3. The summed E-state index contributed by atoms with van der Waals surface area (Å²) in [6.45, 7) is 2.19. The molecule has 0 aromatic rings. The van der Waals surface area contributed by atoms with Gasteiger partial charge in [-0.15, -0.1) is 0 Å². The van der Waals surface area contributed by atoms with Crippen molar-refractivity contribution in [3.63, 3.8) is 0 Å². The van der Waals surface area contributed by atoms with Crippen LogP contribution in [0, 0.1) is 5.92 Å². The van der Waals surface area contributed by atoms with Crippen LogP contribution in [0.5, 0.6) is 0 Å². The highest BCUT2D eigenvalue weighted by atomic mass is 16.4. The quantitative estimate of drug-likeness (QED) is 0.704. The van der Waals surface area contributed by atoms with E-state index in [1.54, 1.807) is 0 Å². The van der Waals surface area contributed by atoms with E-state index in [4.69, 9.17) is 5.11 Å². The molecule has 4 heteroatoms. The van der Waals surface area contributed by atoms with Crippen LogP contribution in [0.1, 0.15) is 32.6 Å². The minimum Gasteiger partial charge on any atom is -0.465 e. The molecule has 0 bridgehead atoms. The van der Waals surface area contributed by atoms with Gasteiger partial charge in [-0.2, -0.15) is 0 Å². The van der Waals surface area contributed by atoms with Gasteiger partial charge in [0.1, 0.15) is 6.29 Å². The van der Waals surface area contributed by atoms with Crippen molar-refractivity contribution in [2.45, 2.75) is 38.6 Å². The normalized spacial score (nSPS) is 26.9. The number of carboxylic acid groups (broad SMARTS) is 1. The number of hydrogen-bond donors (Lipinski definition) is 1. The third-order valence-electron chi connectivity index (χ3n) is 2.94. The third kappa shape index (κ3) is 2.72. The van der Waals surface area contributed by atoms with Gasteiger partial charge >= 0.3 is 6.09 Å². The summed E-state index contributed by atoms with van der Waals surface area (Å²) in [6, 6.07) is 0.0499. The number of hydrogen-bond acceptors (Lipinski definition) is 2. The highest BCUT2D eigenvalue weighted by molar-refractivity contribution is 5.69. The number of aldehydes is 1. The van der Waals surface area contributed by atoms with Crippen LogP contribution in [0.2, 0.25) is 0 Å². The van der Waals surface area contributed by atoms with E-state index in [1.807, 2.05) is 0 Å². The van der Waals surface area contributed by atoms with Gasteiger partial charge in [-0.25, -0.2) is 4.79 Å². The molecule has 1 aliphatic rings. The SMILES string of the molecule is CC1CCC(N(CC=O)C(=O)O)CC1. The van der Waals surface area contributed by atoms with Crippen LogP contribution in [-0.2, 0) is 4.79 Å². The van der Waals surface area contributed by atoms with Crippen LogP contribution in [0.15, 0.2) is 0 Å². The van der Waals surface area contributed by atoms with E-state index in [2.05, 4.69) is 6.92 Å². The van der Waals surface area contributed by atoms with Crippen LogP contribution in [-0.4, -0.2) is 35.0 Å². The molecule has 80 valence electrons. The van der Waals surface area contributed by atoms with E-state index >= 15 is 0 Å². The van der Waals surface area contributed by atoms with Crippen molar-refractivity contribution in [2.75, 3.05) is 6.54 Å². The minimum absolute atomic E-state index is 0.00831. The monoisotopic (exact) mass is 199 g/mol. The molecule has 1 fully saturated rings. The maximum absolute atomic E-state index is 10.8. The maximum Gasteiger partial charge on any atom is 0.407 e. The van der Waals surface area contributed by atoms with Crippen LogP contribution in [0.3, 0.4) is 0 Å². The van der Waals surface area contributed by atoms with Gasteiger partial charge in [-0.3, -0.25) is 4.90 Å². The van der Waals surface area contributed by atoms with Crippen LogP contribution < -0.4 is 0 Å². The smallest absolute Gasteiger partial charge is 0.407 e. The summed E-state index contributed by atoms with van der Waals surface area (Å²) in [7, 11) is 0. The summed E-state index contributed by atoms with van der Waals surface area (Å²) in [4.78, 5) is 22.4. The molecule has 1 N–H and O–H groups in total. The first kappa shape index (κ1) is 11.0. The Kier molecular flexibility index (Phi) is 3.92. The number of amides is 1. The van der Waals surface area contributed by atoms with Gasteiger partial charge in [0.15, 0.2) is 0 Å². The molecule has 0 atom stereocenters. The molecular weight excluding hydrogens is 182 g/mol. The predicted octanol–water partition coefficient (Wildman–Crippen LogP) is 1.74. The summed E-state index contributed by atoms with van der Waals surface area (Å²) >= 11 is 0. The van der Waals surface area contributed by atoms with Crippen molar-refractivity contribution in [1.82, 2.24) is 4.90 Å². The molecule has 1 amide bonds. The largest absolute Gasteiger partial charge is 0.465 e. The molecule has 4 nitrogen and oxygen atoms in total. The fourth-order valence-corrected chi connectivity index (χ4v) is 2.02. The zero-order valence-electron chi connectivity index (χ0n) is 8.48. The Labute approximate surface area is 83.9 Å². The minimum atomic E-state index is -0.975. The first-order valence-corrected chi connectivity index (χ1v) is 5.08. The Hall–Kier alpha value is -1.06. The summed E-state index contributed by atoms with van der Waals surface area (Å²) in [5.41, 5.74) is 0. The standard InChI is InChI=1S/C10H17NO3/c1-8-2-4-9(5-3-8)11(6-7-12)10(13)14/h7-9H,2-6H2,1H3,(H,13,14). The Balaban J connectivity index is 2.51. The molecule has 0 unspecified atom stereocenters. The van der Waals surface area contributed by atoms with Gasteiger partial charge in [-0.1, -0.05) is 6.92 Å². The lowest BCUT2D eigenvalue weighted by atomic mass is 9.87. The predicted molar refractivity (Wildman–Crippen MR) is 52.2 cm³/mol. The second kappa shape index (κ2) is 4.98. The lowest BCUT2D eigenvalue weighted by molar-refractivity contribution is -0.109. The first-order chi connectivity index (χ1) is 6.65. The lowest BCUT2D eigenvalue weighted by Gasteiger charge is -2.33. The molecule has 0 aromatic carbocycles. The van der Waals surface area contributed by atoms with Gasteiger partial charge < -0.3 is 9.90 Å². The Morgan fingerprint density at radius 3 is 2.43 bits per heavy atom. The second-order valence-electron chi connectivity index (χ2n) is 4.02. The molecule has 14 heavy (non-hydrogen) atoms. The van der Waals surface area contributed by atoms with Crippen molar-refractivity contribution in [2.24, 2.45) is 5.92 Å². The molecule has 0 aromatic heterocycles. The van der Waals surface area contributed by atoms with Crippen LogP contribution >= 0.6 is 0 Å².